The fraction of sp³-hybridized carbons (Fsp3) is 0.562. The summed E-state index contributed by atoms with van der Waals surface area (Å²) in [5.74, 6) is -0.973. The molecule has 0 saturated carbocycles. The van der Waals surface area contributed by atoms with Crippen molar-refractivity contribution in [1.82, 2.24) is 0 Å². The van der Waals surface area contributed by atoms with Gasteiger partial charge in [0.2, 0.25) is 0 Å². The lowest BCUT2D eigenvalue weighted by Gasteiger charge is -2.24. The SMILES string of the molecule is CCN(CCCCC(C)(C)C(=O)O)c1ccccc1F. The second kappa shape index (κ2) is 7.27. The average molecular weight is 281 g/mol. The normalized spacial score (nSPS) is 11.4. The van der Waals surface area contributed by atoms with Gasteiger partial charge >= 0.3 is 5.97 Å². The Kier molecular flexibility index (Phi) is 5.99. The van der Waals surface area contributed by atoms with Gasteiger partial charge in [0.15, 0.2) is 0 Å². The lowest BCUT2D eigenvalue weighted by Crippen LogP contribution is -2.26. The first-order chi connectivity index (χ1) is 9.38. The summed E-state index contributed by atoms with van der Waals surface area (Å²) < 4.78 is 13.7. The minimum absolute atomic E-state index is 0.208. The number of aliphatic carboxylic acids is 1. The van der Waals surface area contributed by atoms with Gasteiger partial charge in [-0.15, -0.1) is 0 Å². The van der Waals surface area contributed by atoms with Crippen LogP contribution in [0.25, 0.3) is 0 Å². The van der Waals surface area contributed by atoms with E-state index >= 15 is 0 Å². The Labute approximate surface area is 120 Å². The van der Waals surface area contributed by atoms with Gasteiger partial charge in [0.1, 0.15) is 5.82 Å². The molecule has 0 spiro atoms. The minimum atomic E-state index is -0.765. The summed E-state index contributed by atoms with van der Waals surface area (Å²) in [5.41, 5.74) is -0.0674. The monoisotopic (exact) mass is 281 g/mol. The van der Waals surface area contributed by atoms with Crippen LogP contribution in [-0.2, 0) is 4.79 Å². The number of para-hydroxylation sites is 1. The fourth-order valence-electron chi connectivity index (χ4n) is 2.13. The van der Waals surface area contributed by atoms with E-state index in [4.69, 9.17) is 5.11 Å². The van der Waals surface area contributed by atoms with Gasteiger partial charge in [-0.2, -0.15) is 0 Å². The highest BCUT2D eigenvalue weighted by molar-refractivity contribution is 5.73. The predicted octanol–water partition coefficient (Wildman–Crippen LogP) is 3.93. The number of carboxylic acids is 1. The summed E-state index contributed by atoms with van der Waals surface area (Å²) in [6, 6.07) is 6.75. The molecule has 1 aromatic carbocycles. The van der Waals surface area contributed by atoms with Gasteiger partial charge in [-0.3, -0.25) is 4.79 Å². The molecule has 20 heavy (non-hydrogen) atoms. The quantitative estimate of drug-likeness (QED) is 0.734. The van der Waals surface area contributed by atoms with Crippen molar-refractivity contribution in [2.75, 3.05) is 18.0 Å². The summed E-state index contributed by atoms with van der Waals surface area (Å²) in [7, 11) is 0. The Morgan fingerprint density at radius 1 is 1.30 bits per heavy atom. The highest BCUT2D eigenvalue weighted by atomic mass is 19.1. The van der Waals surface area contributed by atoms with Crippen LogP contribution in [0.5, 0.6) is 0 Å². The summed E-state index contributed by atoms with van der Waals surface area (Å²) in [6.07, 6.45) is 2.32. The maximum absolute atomic E-state index is 13.7. The largest absolute Gasteiger partial charge is 0.481 e. The van der Waals surface area contributed by atoms with E-state index in [1.54, 1.807) is 26.0 Å². The van der Waals surface area contributed by atoms with Crippen molar-refractivity contribution in [3.63, 3.8) is 0 Å². The number of nitrogens with zero attached hydrogens (tertiary/aromatic N) is 1. The number of anilines is 1. The van der Waals surface area contributed by atoms with Crippen LogP contribution in [0.15, 0.2) is 24.3 Å². The second-order valence-electron chi connectivity index (χ2n) is 5.68. The van der Waals surface area contributed by atoms with Gasteiger partial charge in [-0.1, -0.05) is 18.6 Å². The van der Waals surface area contributed by atoms with Crippen LogP contribution >= 0.6 is 0 Å². The third kappa shape index (κ3) is 4.51. The molecule has 0 aliphatic rings. The van der Waals surface area contributed by atoms with Gasteiger partial charge < -0.3 is 10.0 Å². The molecular weight excluding hydrogens is 257 g/mol. The van der Waals surface area contributed by atoms with Crippen molar-refractivity contribution in [3.8, 4) is 0 Å². The number of carboxylic acid groups (broad SMARTS) is 1. The molecule has 0 bridgehead atoms. The second-order valence-corrected chi connectivity index (χ2v) is 5.68. The summed E-state index contributed by atoms with van der Waals surface area (Å²) in [6.45, 7) is 6.96. The predicted molar refractivity (Wildman–Crippen MR) is 79.6 cm³/mol. The number of halogens is 1. The van der Waals surface area contributed by atoms with Crippen LogP contribution in [0.1, 0.15) is 40.0 Å². The summed E-state index contributed by atoms with van der Waals surface area (Å²) in [4.78, 5) is 13.0. The first-order valence-electron chi connectivity index (χ1n) is 7.11. The Balaban J connectivity index is 2.48. The maximum Gasteiger partial charge on any atom is 0.309 e. The van der Waals surface area contributed by atoms with Crippen LogP contribution in [0.4, 0.5) is 10.1 Å². The molecule has 0 radical (unpaired) electrons. The molecule has 4 heteroatoms. The fourth-order valence-corrected chi connectivity index (χ4v) is 2.13. The molecule has 0 aliphatic carbocycles. The molecule has 112 valence electrons. The van der Waals surface area contributed by atoms with Crippen molar-refractivity contribution in [2.45, 2.75) is 40.0 Å². The zero-order valence-electron chi connectivity index (χ0n) is 12.5. The van der Waals surface area contributed by atoms with E-state index in [-0.39, 0.29) is 5.82 Å². The molecule has 0 amide bonds. The zero-order valence-corrected chi connectivity index (χ0v) is 12.5. The Morgan fingerprint density at radius 3 is 2.50 bits per heavy atom. The van der Waals surface area contributed by atoms with Crippen molar-refractivity contribution >= 4 is 11.7 Å². The molecule has 0 aromatic heterocycles. The van der Waals surface area contributed by atoms with Gasteiger partial charge in [0, 0.05) is 13.1 Å². The zero-order chi connectivity index (χ0) is 15.2. The Hall–Kier alpha value is -1.58. The highest BCUT2D eigenvalue weighted by Gasteiger charge is 2.26. The van der Waals surface area contributed by atoms with Crippen molar-refractivity contribution < 1.29 is 14.3 Å². The molecule has 1 rings (SSSR count). The number of rotatable bonds is 8. The number of hydrogen-bond donors (Lipinski definition) is 1. The summed E-state index contributed by atoms with van der Waals surface area (Å²) in [5, 5.41) is 9.05. The molecule has 0 fully saturated rings. The maximum atomic E-state index is 13.7. The summed E-state index contributed by atoms with van der Waals surface area (Å²) >= 11 is 0. The molecule has 1 aromatic rings. The van der Waals surface area contributed by atoms with Crippen molar-refractivity contribution in [3.05, 3.63) is 30.1 Å². The average Bonchev–Trinajstić information content (AvgIpc) is 2.40. The lowest BCUT2D eigenvalue weighted by molar-refractivity contribution is -0.147. The van der Waals surface area contributed by atoms with E-state index < -0.39 is 11.4 Å². The van der Waals surface area contributed by atoms with E-state index in [0.29, 0.717) is 12.1 Å². The van der Waals surface area contributed by atoms with Gasteiger partial charge in [-0.05, 0) is 45.7 Å². The number of benzene rings is 1. The topological polar surface area (TPSA) is 40.5 Å². The van der Waals surface area contributed by atoms with Crippen molar-refractivity contribution in [1.29, 1.82) is 0 Å². The van der Waals surface area contributed by atoms with Crippen LogP contribution in [0.2, 0.25) is 0 Å². The molecule has 0 atom stereocenters. The van der Waals surface area contributed by atoms with Crippen LogP contribution in [0.3, 0.4) is 0 Å². The van der Waals surface area contributed by atoms with Crippen molar-refractivity contribution in [2.24, 2.45) is 5.41 Å². The number of hydrogen-bond acceptors (Lipinski definition) is 2. The minimum Gasteiger partial charge on any atom is -0.481 e. The highest BCUT2D eigenvalue weighted by Crippen LogP contribution is 2.24. The van der Waals surface area contributed by atoms with E-state index in [2.05, 4.69) is 0 Å². The standard InChI is InChI=1S/C16H24FNO2/c1-4-18(14-10-6-5-9-13(14)17)12-8-7-11-16(2,3)15(19)20/h5-6,9-10H,4,7-8,11-12H2,1-3H3,(H,19,20). The Morgan fingerprint density at radius 2 is 1.95 bits per heavy atom. The van der Waals surface area contributed by atoms with Crippen LogP contribution in [0, 0.1) is 11.2 Å². The number of carbonyl (C=O) groups is 1. The smallest absolute Gasteiger partial charge is 0.309 e. The molecule has 1 N–H and O–H groups in total. The van der Waals surface area contributed by atoms with E-state index in [9.17, 15) is 9.18 Å². The third-order valence-corrected chi connectivity index (χ3v) is 3.63. The first-order valence-corrected chi connectivity index (χ1v) is 7.11. The first kappa shape index (κ1) is 16.5. The molecule has 0 unspecified atom stereocenters. The van der Waals surface area contributed by atoms with Gasteiger partial charge in [-0.25, -0.2) is 4.39 Å². The Bertz CT molecular complexity index is 446. The molecule has 3 nitrogen and oxygen atoms in total. The molecule has 0 heterocycles. The molecule has 0 saturated heterocycles. The van der Waals surface area contributed by atoms with Crippen LogP contribution < -0.4 is 4.90 Å². The van der Waals surface area contributed by atoms with E-state index in [1.165, 1.54) is 6.07 Å². The lowest BCUT2D eigenvalue weighted by atomic mass is 9.87. The van der Waals surface area contributed by atoms with E-state index in [1.807, 2.05) is 17.9 Å². The number of unbranched alkanes of at least 4 members (excludes halogenated alkanes) is 1. The van der Waals surface area contributed by atoms with Gasteiger partial charge in [0.05, 0.1) is 11.1 Å². The van der Waals surface area contributed by atoms with Gasteiger partial charge in [0.25, 0.3) is 0 Å². The van der Waals surface area contributed by atoms with E-state index in [0.717, 1.165) is 25.9 Å². The molecular formula is C16H24FNO2. The molecule has 0 aliphatic heterocycles. The van der Waals surface area contributed by atoms with Crippen LogP contribution in [-0.4, -0.2) is 24.2 Å². The third-order valence-electron chi connectivity index (χ3n) is 3.63.